The minimum absolute atomic E-state index is 0.557. The molecule has 0 saturated heterocycles. The Morgan fingerprint density at radius 3 is 1.30 bits per heavy atom. The molecule has 0 aromatic heterocycles. The van der Waals surface area contributed by atoms with E-state index in [1.807, 2.05) is 0 Å². The smallest absolute Gasteiger partial charge is 0.387 e. The summed E-state index contributed by atoms with van der Waals surface area (Å²) in [4.78, 5) is 0. The van der Waals surface area contributed by atoms with Crippen LogP contribution in [0.5, 0.6) is 0 Å². The summed E-state index contributed by atoms with van der Waals surface area (Å²) in [5.41, 5.74) is 0. The Morgan fingerprint density at radius 1 is 1.10 bits per heavy atom. The molecule has 1 N–H and O–H groups in total. The number of hydrogen-bond donors (Lipinski definition) is 1. The molecule has 64 valence electrons. The average Bonchev–Trinajstić information content (AvgIpc) is 1.87. The fourth-order valence-electron chi connectivity index (χ4n) is 0. The lowest BCUT2D eigenvalue weighted by Crippen LogP contribution is -2.12. The molecular formula is C4H7Cl2F3O. The summed E-state index contributed by atoms with van der Waals surface area (Å²) < 4.78 is 31.6. The van der Waals surface area contributed by atoms with Gasteiger partial charge in [0, 0.05) is 11.8 Å². The van der Waals surface area contributed by atoms with Crippen molar-refractivity contribution in [2.45, 2.75) is 6.18 Å². The van der Waals surface area contributed by atoms with Gasteiger partial charge in [-0.3, -0.25) is 0 Å². The molecule has 0 saturated carbocycles. The van der Waals surface area contributed by atoms with E-state index in [-0.39, 0.29) is 0 Å². The maximum absolute atomic E-state index is 10.5. The van der Waals surface area contributed by atoms with Gasteiger partial charge in [-0.25, -0.2) is 0 Å². The molecule has 0 atom stereocenters. The van der Waals surface area contributed by atoms with E-state index in [1.165, 1.54) is 0 Å². The van der Waals surface area contributed by atoms with Crippen LogP contribution in [0.25, 0.3) is 0 Å². The zero-order valence-electron chi connectivity index (χ0n) is 4.96. The summed E-state index contributed by atoms with van der Waals surface area (Å²) in [5.74, 6) is 1.11. The molecule has 0 aromatic carbocycles. The molecule has 0 aliphatic rings. The van der Waals surface area contributed by atoms with Gasteiger partial charge in [-0.1, -0.05) is 0 Å². The minimum Gasteiger partial charge on any atom is -0.387 e. The molecule has 6 heteroatoms. The second-order valence-electron chi connectivity index (χ2n) is 1.15. The first-order chi connectivity index (χ1) is 4.47. The lowest BCUT2D eigenvalue weighted by Gasteiger charge is -1.95. The van der Waals surface area contributed by atoms with Crippen LogP contribution in [0.15, 0.2) is 0 Å². The van der Waals surface area contributed by atoms with Crippen LogP contribution in [0.2, 0.25) is 0 Å². The summed E-state index contributed by atoms with van der Waals surface area (Å²) >= 11 is 10.1. The van der Waals surface area contributed by atoms with Crippen molar-refractivity contribution in [1.29, 1.82) is 0 Å². The topological polar surface area (TPSA) is 20.2 Å². The molecule has 0 fully saturated rings. The van der Waals surface area contributed by atoms with Gasteiger partial charge in [-0.15, -0.1) is 23.2 Å². The Labute approximate surface area is 66.7 Å². The van der Waals surface area contributed by atoms with Gasteiger partial charge in [0.1, 0.15) is 6.61 Å². The molecule has 0 aliphatic carbocycles. The lowest BCUT2D eigenvalue weighted by molar-refractivity contribution is -0.159. The highest BCUT2D eigenvalue weighted by atomic mass is 35.5. The van der Waals surface area contributed by atoms with Crippen LogP contribution in [0.3, 0.4) is 0 Å². The van der Waals surface area contributed by atoms with E-state index in [4.69, 9.17) is 28.3 Å². The normalized spacial score (nSPS) is 10.2. The molecule has 0 amide bonds. The Morgan fingerprint density at radius 2 is 1.30 bits per heavy atom. The van der Waals surface area contributed by atoms with Crippen LogP contribution in [-0.4, -0.2) is 29.6 Å². The van der Waals surface area contributed by atoms with Gasteiger partial charge in [0.2, 0.25) is 0 Å². The Hall–Kier alpha value is 0.330. The van der Waals surface area contributed by atoms with Gasteiger partial charge in [0.15, 0.2) is 0 Å². The maximum atomic E-state index is 10.5. The quantitative estimate of drug-likeness (QED) is 0.640. The third-order valence-corrected chi connectivity index (χ3v) is 0.822. The fourth-order valence-corrected chi connectivity index (χ4v) is 0. The molecule has 0 heterocycles. The first kappa shape index (κ1) is 13.0. The predicted molar refractivity (Wildman–Crippen MR) is 34.6 cm³/mol. The van der Waals surface area contributed by atoms with Gasteiger partial charge in [-0.05, 0) is 0 Å². The van der Waals surface area contributed by atoms with Crippen molar-refractivity contribution in [3.63, 3.8) is 0 Å². The molecule has 0 unspecified atom stereocenters. The van der Waals surface area contributed by atoms with E-state index in [9.17, 15) is 13.2 Å². The van der Waals surface area contributed by atoms with E-state index >= 15 is 0 Å². The first-order valence-electron chi connectivity index (χ1n) is 2.27. The zero-order valence-corrected chi connectivity index (χ0v) is 6.47. The van der Waals surface area contributed by atoms with Crippen LogP contribution in [0.4, 0.5) is 13.2 Å². The van der Waals surface area contributed by atoms with E-state index < -0.39 is 12.8 Å². The van der Waals surface area contributed by atoms with Crippen molar-refractivity contribution < 1.29 is 18.3 Å². The summed E-state index contributed by atoms with van der Waals surface area (Å²) in [7, 11) is 0. The van der Waals surface area contributed by atoms with Crippen LogP contribution in [0.1, 0.15) is 0 Å². The molecule has 0 spiro atoms. The summed E-state index contributed by atoms with van der Waals surface area (Å²) in [6.07, 6.45) is -4.40. The monoisotopic (exact) mass is 198 g/mol. The van der Waals surface area contributed by atoms with Gasteiger partial charge in [0.05, 0.1) is 0 Å². The van der Waals surface area contributed by atoms with E-state index in [0.717, 1.165) is 0 Å². The SMILES string of the molecule is ClCCCl.OCC(F)(F)F. The van der Waals surface area contributed by atoms with Gasteiger partial charge in [0.25, 0.3) is 0 Å². The third kappa shape index (κ3) is 23.9. The Bertz CT molecular complexity index is 64.0. The van der Waals surface area contributed by atoms with E-state index in [0.29, 0.717) is 11.8 Å². The zero-order chi connectivity index (χ0) is 8.62. The molecule has 0 radical (unpaired) electrons. The average molecular weight is 199 g/mol. The number of hydrogen-bond acceptors (Lipinski definition) is 1. The standard InChI is InChI=1S/C2H4Cl2.C2H3F3O/c3-1-2-4;3-2(4,5)1-6/h1-2H2;6H,1H2. The van der Waals surface area contributed by atoms with Crippen molar-refractivity contribution in [2.75, 3.05) is 18.4 Å². The van der Waals surface area contributed by atoms with Crippen LogP contribution in [0, 0.1) is 0 Å². The van der Waals surface area contributed by atoms with Gasteiger partial charge in [-0.2, -0.15) is 13.2 Å². The fraction of sp³-hybridized carbons (Fsp3) is 1.00. The second kappa shape index (κ2) is 7.44. The molecule has 0 bridgehead atoms. The summed E-state index contributed by atoms with van der Waals surface area (Å²) in [6.45, 7) is -1.73. The highest BCUT2D eigenvalue weighted by Gasteiger charge is 2.24. The van der Waals surface area contributed by atoms with E-state index in [1.54, 1.807) is 0 Å². The second-order valence-corrected chi connectivity index (χ2v) is 1.91. The Balaban J connectivity index is 0. The number of aliphatic hydroxyl groups excluding tert-OH is 1. The van der Waals surface area contributed by atoms with Crippen molar-refractivity contribution in [3.8, 4) is 0 Å². The molecule has 10 heavy (non-hydrogen) atoms. The molecule has 0 aromatic rings. The molecule has 0 rings (SSSR count). The maximum Gasteiger partial charge on any atom is 0.411 e. The Kier molecular flexibility index (Phi) is 9.64. The largest absolute Gasteiger partial charge is 0.411 e. The van der Waals surface area contributed by atoms with Crippen LogP contribution < -0.4 is 0 Å². The predicted octanol–water partition coefficient (Wildman–Crippen LogP) is 2.00. The van der Waals surface area contributed by atoms with Crippen LogP contribution >= 0.6 is 23.2 Å². The van der Waals surface area contributed by atoms with Gasteiger partial charge < -0.3 is 5.11 Å². The summed E-state index contributed by atoms with van der Waals surface area (Å²) in [5, 5.41) is 7.28. The highest BCUT2D eigenvalue weighted by Crippen LogP contribution is 2.11. The third-order valence-electron chi connectivity index (χ3n) is 0.251. The van der Waals surface area contributed by atoms with Crippen molar-refractivity contribution >= 4 is 23.2 Å². The number of rotatable bonds is 1. The van der Waals surface area contributed by atoms with Gasteiger partial charge >= 0.3 is 6.18 Å². The summed E-state index contributed by atoms with van der Waals surface area (Å²) in [6, 6.07) is 0. The number of halogens is 5. The van der Waals surface area contributed by atoms with Crippen molar-refractivity contribution in [3.05, 3.63) is 0 Å². The highest BCUT2D eigenvalue weighted by molar-refractivity contribution is 6.25. The number of aliphatic hydroxyl groups is 1. The first-order valence-corrected chi connectivity index (χ1v) is 3.34. The lowest BCUT2D eigenvalue weighted by atomic mass is 10.7. The van der Waals surface area contributed by atoms with Crippen LogP contribution in [-0.2, 0) is 0 Å². The number of alkyl halides is 5. The molecule has 1 nitrogen and oxygen atoms in total. The van der Waals surface area contributed by atoms with Crippen molar-refractivity contribution in [2.24, 2.45) is 0 Å². The molecular weight excluding hydrogens is 192 g/mol. The van der Waals surface area contributed by atoms with E-state index in [2.05, 4.69) is 0 Å². The molecule has 0 aliphatic heterocycles. The minimum atomic E-state index is -4.40. The van der Waals surface area contributed by atoms with Crippen molar-refractivity contribution in [1.82, 2.24) is 0 Å².